The molecule has 0 spiro atoms. The molecule has 0 saturated heterocycles. The molecule has 1 aromatic heterocycles. The summed E-state index contributed by atoms with van der Waals surface area (Å²) in [7, 11) is -2.11. The quantitative estimate of drug-likeness (QED) is 0.691. The van der Waals surface area contributed by atoms with Crippen molar-refractivity contribution in [2.45, 2.75) is 11.4 Å². The van der Waals surface area contributed by atoms with Crippen molar-refractivity contribution in [1.29, 1.82) is 0 Å². The first-order valence-electron chi connectivity index (χ1n) is 7.30. The van der Waals surface area contributed by atoms with Gasteiger partial charge >= 0.3 is 0 Å². The van der Waals surface area contributed by atoms with Gasteiger partial charge in [0.2, 0.25) is 10.0 Å². The van der Waals surface area contributed by atoms with Crippen LogP contribution in [0.4, 0.5) is 0 Å². The Balaban J connectivity index is 1.97. The van der Waals surface area contributed by atoms with E-state index in [1.807, 2.05) is 12.1 Å². The van der Waals surface area contributed by atoms with Crippen LogP contribution < -0.4 is 10.0 Å². The molecule has 1 heterocycles. The molecule has 2 N–H and O–H groups in total. The number of nitrogens with one attached hydrogen (secondary N) is 2. The zero-order chi connectivity index (χ0) is 17.4. The van der Waals surface area contributed by atoms with Gasteiger partial charge in [-0.1, -0.05) is 6.07 Å². The van der Waals surface area contributed by atoms with Gasteiger partial charge < -0.3 is 10.1 Å². The Hall–Kier alpha value is -2.29. The summed E-state index contributed by atoms with van der Waals surface area (Å²) in [4.78, 5) is 16.3. The van der Waals surface area contributed by atoms with Crippen LogP contribution in [-0.4, -0.2) is 39.6 Å². The molecule has 0 saturated carbocycles. The van der Waals surface area contributed by atoms with Gasteiger partial charge in [-0.25, -0.2) is 13.1 Å². The minimum Gasteiger partial charge on any atom is -0.383 e. The van der Waals surface area contributed by atoms with Gasteiger partial charge in [-0.3, -0.25) is 9.78 Å². The third-order valence-electron chi connectivity index (χ3n) is 3.18. The third kappa shape index (κ3) is 5.12. The van der Waals surface area contributed by atoms with Gasteiger partial charge in [0.1, 0.15) is 0 Å². The highest BCUT2D eigenvalue weighted by Gasteiger charge is 2.14. The Kier molecular flexibility index (Phi) is 6.42. The zero-order valence-electron chi connectivity index (χ0n) is 13.2. The third-order valence-corrected chi connectivity index (χ3v) is 4.66. The highest BCUT2D eigenvalue weighted by molar-refractivity contribution is 7.89. The smallest absolute Gasteiger partial charge is 0.251 e. The van der Waals surface area contributed by atoms with Gasteiger partial charge in [-0.2, -0.15) is 0 Å². The van der Waals surface area contributed by atoms with Crippen LogP contribution in [0.5, 0.6) is 0 Å². The van der Waals surface area contributed by atoms with Crippen LogP contribution in [0, 0.1) is 0 Å². The Morgan fingerprint density at radius 2 is 1.92 bits per heavy atom. The van der Waals surface area contributed by atoms with Gasteiger partial charge in [0, 0.05) is 25.4 Å². The van der Waals surface area contributed by atoms with E-state index in [1.165, 1.54) is 31.4 Å². The molecule has 0 atom stereocenters. The summed E-state index contributed by atoms with van der Waals surface area (Å²) in [6.45, 7) is 0.774. The molecule has 8 heteroatoms. The van der Waals surface area contributed by atoms with E-state index in [4.69, 9.17) is 4.74 Å². The van der Waals surface area contributed by atoms with Gasteiger partial charge in [-0.05, 0) is 36.4 Å². The number of sulfonamides is 1. The van der Waals surface area contributed by atoms with Crippen molar-refractivity contribution >= 4 is 15.9 Å². The highest BCUT2D eigenvalue weighted by atomic mass is 32.2. The summed E-state index contributed by atoms with van der Waals surface area (Å²) in [6, 6.07) is 11.2. The lowest BCUT2D eigenvalue weighted by molar-refractivity contribution is 0.0950. The first-order chi connectivity index (χ1) is 11.5. The highest BCUT2D eigenvalue weighted by Crippen LogP contribution is 2.10. The maximum absolute atomic E-state index is 12.1. The predicted octanol–water partition coefficient (Wildman–Crippen LogP) is 0.936. The largest absolute Gasteiger partial charge is 0.383 e. The van der Waals surface area contributed by atoms with Crippen LogP contribution in [0.3, 0.4) is 0 Å². The van der Waals surface area contributed by atoms with Crippen molar-refractivity contribution in [3.8, 4) is 0 Å². The molecule has 0 aliphatic carbocycles. The van der Waals surface area contributed by atoms with E-state index in [9.17, 15) is 13.2 Å². The van der Waals surface area contributed by atoms with Crippen molar-refractivity contribution in [2.75, 3.05) is 20.3 Å². The molecule has 0 unspecified atom stereocenters. The second kappa shape index (κ2) is 8.53. The van der Waals surface area contributed by atoms with Crippen LogP contribution in [0.25, 0.3) is 0 Å². The molecule has 0 aliphatic heterocycles. The number of hydrogen-bond acceptors (Lipinski definition) is 5. The van der Waals surface area contributed by atoms with E-state index in [0.717, 1.165) is 5.69 Å². The van der Waals surface area contributed by atoms with Crippen LogP contribution in [0.2, 0.25) is 0 Å². The molecule has 24 heavy (non-hydrogen) atoms. The fourth-order valence-electron chi connectivity index (χ4n) is 1.92. The molecule has 128 valence electrons. The minimum atomic E-state index is -3.60. The monoisotopic (exact) mass is 349 g/mol. The Labute approximate surface area is 141 Å². The van der Waals surface area contributed by atoms with E-state index in [1.54, 1.807) is 12.3 Å². The number of methoxy groups -OCH3 is 1. The molecule has 0 fully saturated rings. The lowest BCUT2D eigenvalue weighted by atomic mass is 10.2. The Bertz CT molecular complexity index is 762. The molecule has 0 aliphatic rings. The number of carbonyl (C=O) groups is 1. The summed E-state index contributed by atoms with van der Waals surface area (Å²) in [5.41, 5.74) is 1.12. The van der Waals surface area contributed by atoms with Crippen LogP contribution in [0.1, 0.15) is 16.1 Å². The fourth-order valence-corrected chi connectivity index (χ4v) is 2.94. The van der Waals surface area contributed by atoms with E-state index < -0.39 is 10.0 Å². The summed E-state index contributed by atoms with van der Waals surface area (Å²) < 4.78 is 31.3. The second-order valence-corrected chi connectivity index (χ2v) is 6.69. The molecule has 1 amide bonds. The number of rotatable bonds is 8. The molecule has 7 nitrogen and oxygen atoms in total. The molecule has 2 aromatic rings. The fraction of sp³-hybridized carbons (Fsp3) is 0.250. The molecular formula is C16H19N3O4S. The van der Waals surface area contributed by atoms with E-state index >= 15 is 0 Å². The standard InChI is InChI=1S/C16H19N3O4S/c1-23-11-10-19-24(21,22)15-7-5-13(6-8-15)16(20)18-12-14-4-2-3-9-17-14/h2-9,19H,10-12H2,1H3,(H,18,20). The first-order valence-corrected chi connectivity index (χ1v) is 8.78. The number of ether oxygens (including phenoxy) is 1. The summed E-state index contributed by atoms with van der Waals surface area (Å²) in [5.74, 6) is -0.294. The van der Waals surface area contributed by atoms with Crippen LogP contribution in [0.15, 0.2) is 53.6 Å². The van der Waals surface area contributed by atoms with Gasteiger partial charge in [-0.15, -0.1) is 0 Å². The number of amides is 1. The van der Waals surface area contributed by atoms with Crippen molar-refractivity contribution in [3.63, 3.8) is 0 Å². The number of nitrogens with zero attached hydrogens (tertiary/aromatic N) is 1. The Morgan fingerprint density at radius 1 is 1.17 bits per heavy atom. The number of aromatic nitrogens is 1. The number of hydrogen-bond donors (Lipinski definition) is 2. The van der Waals surface area contributed by atoms with Gasteiger partial charge in [0.25, 0.3) is 5.91 Å². The van der Waals surface area contributed by atoms with Gasteiger partial charge in [0.15, 0.2) is 0 Å². The number of benzene rings is 1. The van der Waals surface area contributed by atoms with E-state index in [0.29, 0.717) is 12.1 Å². The maximum atomic E-state index is 12.1. The molecular weight excluding hydrogens is 330 g/mol. The molecule has 2 rings (SSSR count). The lowest BCUT2D eigenvalue weighted by Crippen LogP contribution is -2.27. The first kappa shape index (κ1) is 18.1. The van der Waals surface area contributed by atoms with Gasteiger partial charge in [0.05, 0.1) is 23.7 Å². The average Bonchev–Trinajstić information content (AvgIpc) is 2.61. The van der Waals surface area contributed by atoms with Crippen LogP contribution in [-0.2, 0) is 21.3 Å². The predicted molar refractivity (Wildman–Crippen MR) is 88.9 cm³/mol. The summed E-state index contributed by atoms with van der Waals surface area (Å²) in [6.07, 6.45) is 1.65. The van der Waals surface area contributed by atoms with E-state index in [2.05, 4.69) is 15.0 Å². The molecule has 1 aromatic carbocycles. The van der Waals surface area contributed by atoms with E-state index in [-0.39, 0.29) is 24.0 Å². The normalized spacial score (nSPS) is 11.2. The maximum Gasteiger partial charge on any atom is 0.251 e. The van der Waals surface area contributed by atoms with Crippen molar-refractivity contribution in [2.24, 2.45) is 0 Å². The zero-order valence-corrected chi connectivity index (χ0v) is 14.0. The number of pyridine rings is 1. The summed E-state index contributed by atoms with van der Waals surface area (Å²) >= 11 is 0. The van der Waals surface area contributed by atoms with Crippen LogP contribution >= 0.6 is 0 Å². The molecule has 0 bridgehead atoms. The molecule has 0 radical (unpaired) electrons. The minimum absolute atomic E-state index is 0.0971. The second-order valence-electron chi connectivity index (χ2n) is 4.92. The number of carbonyl (C=O) groups excluding carboxylic acids is 1. The summed E-state index contributed by atoms with van der Waals surface area (Å²) in [5, 5.41) is 2.73. The average molecular weight is 349 g/mol. The topological polar surface area (TPSA) is 97.4 Å². The van der Waals surface area contributed by atoms with Crippen molar-refractivity contribution in [1.82, 2.24) is 15.0 Å². The lowest BCUT2D eigenvalue weighted by Gasteiger charge is -2.08. The SMILES string of the molecule is COCCNS(=O)(=O)c1ccc(C(=O)NCc2ccccn2)cc1. The van der Waals surface area contributed by atoms with Crippen molar-refractivity contribution in [3.05, 3.63) is 59.9 Å². The van der Waals surface area contributed by atoms with Crippen molar-refractivity contribution < 1.29 is 17.9 Å². The Morgan fingerprint density at radius 3 is 2.54 bits per heavy atom.